The van der Waals surface area contributed by atoms with Gasteiger partial charge in [-0.1, -0.05) is 59.3 Å². The smallest absolute Gasteiger partial charge is 0.0807 e. The molecule has 0 amide bonds. The Morgan fingerprint density at radius 2 is 1.10 bits per heavy atom. The molecular weight excluding hydrogens is 412 g/mol. The summed E-state index contributed by atoms with van der Waals surface area (Å²) in [6, 6.07) is 16.3. The van der Waals surface area contributed by atoms with Crippen LogP contribution in [-0.2, 0) is 0 Å². The van der Waals surface area contributed by atoms with Crippen molar-refractivity contribution in [2.45, 2.75) is 23.6 Å². The first-order valence-corrected chi connectivity index (χ1v) is 11.6. The SMILES string of the molecule is CCN1/C(=C/C2=C([O-])C(/C=C3/Sc4ccccc4N3CC)=C2[O-])Sc2ccccc21. The van der Waals surface area contributed by atoms with Gasteiger partial charge in [0.25, 0.3) is 0 Å². The number of thioether (sulfide) groups is 2. The Bertz CT molecular complexity index is 1060. The molecule has 3 aliphatic rings. The monoisotopic (exact) mass is 432 g/mol. The van der Waals surface area contributed by atoms with E-state index in [0.29, 0.717) is 0 Å². The van der Waals surface area contributed by atoms with Crippen molar-refractivity contribution < 1.29 is 10.2 Å². The number of rotatable bonds is 4. The summed E-state index contributed by atoms with van der Waals surface area (Å²) in [5.74, 6) is -0.333. The van der Waals surface area contributed by atoms with Crippen LogP contribution in [0.15, 0.2) is 103 Å². The van der Waals surface area contributed by atoms with Gasteiger partial charge in [0.15, 0.2) is 0 Å². The summed E-state index contributed by atoms with van der Waals surface area (Å²) in [4.78, 5) is 6.59. The third-order valence-corrected chi connectivity index (χ3v) is 7.64. The average molecular weight is 433 g/mol. The van der Waals surface area contributed by atoms with Gasteiger partial charge < -0.3 is 20.0 Å². The molecule has 2 aromatic carbocycles. The molecule has 0 N–H and O–H groups in total. The van der Waals surface area contributed by atoms with E-state index in [2.05, 4.69) is 47.9 Å². The van der Waals surface area contributed by atoms with Crippen molar-refractivity contribution in [3.63, 3.8) is 0 Å². The van der Waals surface area contributed by atoms with E-state index in [0.717, 1.165) is 44.3 Å². The van der Waals surface area contributed by atoms with E-state index in [4.69, 9.17) is 0 Å². The van der Waals surface area contributed by atoms with Gasteiger partial charge in [0.05, 0.1) is 21.4 Å². The summed E-state index contributed by atoms with van der Waals surface area (Å²) >= 11 is 3.21. The van der Waals surface area contributed by atoms with Gasteiger partial charge in [-0.3, -0.25) is 0 Å². The fraction of sp³-hybridized carbons (Fsp3) is 0.167. The van der Waals surface area contributed by atoms with Gasteiger partial charge in [-0.05, 0) is 61.4 Å². The van der Waals surface area contributed by atoms with Gasteiger partial charge in [0, 0.05) is 22.9 Å². The van der Waals surface area contributed by atoms with E-state index in [1.165, 1.54) is 0 Å². The minimum atomic E-state index is -0.166. The minimum Gasteiger partial charge on any atom is -0.872 e. The number of nitrogens with zero attached hydrogens (tertiary/aromatic N) is 2. The normalized spacial score (nSPS) is 20.3. The summed E-state index contributed by atoms with van der Waals surface area (Å²) in [5, 5.41) is 27.5. The third-order valence-electron chi connectivity index (χ3n) is 5.42. The maximum Gasteiger partial charge on any atom is 0.0807 e. The molecule has 0 radical (unpaired) electrons. The predicted molar refractivity (Wildman–Crippen MR) is 121 cm³/mol. The number of allylic oxidation sites excluding steroid dienone is 2. The van der Waals surface area contributed by atoms with Crippen LogP contribution in [-0.4, -0.2) is 13.1 Å². The van der Waals surface area contributed by atoms with E-state index in [9.17, 15) is 10.2 Å². The minimum absolute atomic E-state index is 0.166. The van der Waals surface area contributed by atoms with Crippen LogP contribution < -0.4 is 20.0 Å². The lowest BCUT2D eigenvalue weighted by atomic mass is 9.93. The summed E-state index contributed by atoms with van der Waals surface area (Å²) in [5.41, 5.74) is 2.81. The second-order valence-corrected chi connectivity index (χ2v) is 9.20. The van der Waals surface area contributed by atoms with Gasteiger partial charge in [-0.15, -0.1) is 0 Å². The molecule has 0 saturated heterocycles. The lowest BCUT2D eigenvalue weighted by molar-refractivity contribution is -0.329. The zero-order valence-corrected chi connectivity index (χ0v) is 18.3. The zero-order valence-electron chi connectivity index (χ0n) is 16.7. The van der Waals surface area contributed by atoms with Gasteiger partial charge in [-0.25, -0.2) is 0 Å². The van der Waals surface area contributed by atoms with E-state index in [-0.39, 0.29) is 22.7 Å². The third kappa shape index (κ3) is 2.94. The van der Waals surface area contributed by atoms with Crippen LogP contribution >= 0.6 is 23.5 Å². The maximum absolute atomic E-state index is 12.8. The van der Waals surface area contributed by atoms with Crippen molar-refractivity contribution >= 4 is 34.9 Å². The van der Waals surface area contributed by atoms with Crippen LogP contribution in [0.1, 0.15) is 13.8 Å². The number of para-hydroxylation sites is 2. The summed E-state index contributed by atoms with van der Waals surface area (Å²) in [6.07, 6.45) is 3.52. The fourth-order valence-corrected chi connectivity index (χ4v) is 6.25. The topological polar surface area (TPSA) is 52.6 Å². The van der Waals surface area contributed by atoms with Gasteiger partial charge in [-0.2, -0.15) is 0 Å². The number of hydrogen-bond donors (Lipinski definition) is 0. The molecule has 0 aromatic heterocycles. The Hall–Kier alpha value is -2.70. The van der Waals surface area contributed by atoms with E-state index in [1.807, 2.05) is 24.3 Å². The van der Waals surface area contributed by atoms with Crippen LogP contribution in [0.4, 0.5) is 11.4 Å². The molecule has 30 heavy (non-hydrogen) atoms. The molecule has 2 aromatic rings. The van der Waals surface area contributed by atoms with Crippen LogP contribution in [0.25, 0.3) is 0 Å². The molecular formula is C24H20N2O2S2-2. The molecule has 0 unspecified atom stereocenters. The van der Waals surface area contributed by atoms with Crippen molar-refractivity contribution in [3.05, 3.63) is 93.4 Å². The molecule has 0 saturated carbocycles. The molecule has 2 heterocycles. The van der Waals surface area contributed by atoms with Crippen molar-refractivity contribution in [1.82, 2.24) is 0 Å². The van der Waals surface area contributed by atoms with Crippen molar-refractivity contribution in [3.8, 4) is 0 Å². The highest BCUT2D eigenvalue weighted by Crippen LogP contribution is 2.49. The number of benzene rings is 2. The zero-order chi connectivity index (χ0) is 20.8. The molecule has 6 heteroatoms. The van der Waals surface area contributed by atoms with E-state index in [1.54, 1.807) is 35.7 Å². The molecule has 152 valence electrons. The molecule has 0 bridgehead atoms. The van der Waals surface area contributed by atoms with Gasteiger partial charge >= 0.3 is 0 Å². The molecule has 5 rings (SSSR count). The standard InChI is InChI=1S/C24H22N2O2S2/c1-3-25-17-9-5-7-11-19(17)29-21(25)13-15-23(27)16(24(15)28)14-22-26(4-2)18-10-6-8-12-20(18)30-22/h5-14,27-28H,3-4H2,1-2H3/p-2/b21-13-,22-14+. The highest BCUT2D eigenvalue weighted by atomic mass is 32.2. The quantitative estimate of drug-likeness (QED) is 0.723. The van der Waals surface area contributed by atoms with Crippen molar-refractivity contribution in [2.24, 2.45) is 0 Å². The Morgan fingerprint density at radius 1 is 0.700 bits per heavy atom. The molecule has 1 aliphatic carbocycles. The summed E-state index contributed by atoms with van der Waals surface area (Å²) in [7, 11) is 0. The molecule has 0 spiro atoms. The fourth-order valence-electron chi connectivity index (χ4n) is 3.92. The number of hydrogen-bond acceptors (Lipinski definition) is 6. The molecule has 4 nitrogen and oxygen atoms in total. The van der Waals surface area contributed by atoms with Gasteiger partial charge in [0.2, 0.25) is 0 Å². The van der Waals surface area contributed by atoms with Crippen molar-refractivity contribution in [2.75, 3.05) is 22.9 Å². The highest BCUT2D eigenvalue weighted by molar-refractivity contribution is 8.04. The Labute approximate surface area is 184 Å². The molecule has 0 atom stereocenters. The lowest BCUT2D eigenvalue weighted by Gasteiger charge is -2.37. The molecule has 2 aliphatic heterocycles. The first kappa shape index (κ1) is 19.3. The Kier molecular flexibility index (Phi) is 4.83. The first-order chi connectivity index (χ1) is 14.6. The largest absolute Gasteiger partial charge is 0.872 e. The first-order valence-electron chi connectivity index (χ1n) is 9.98. The predicted octanol–water partition coefficient (Wildman–Crippen LogP) is 4.18. The summed E-state index contributed by atoms with van der Waals surface area (Å²) in [6.45, 7) is 5.71. The second-order valence-electron chi connectivity index (χ2n) is 7.08. The highest BCUT2D eigenvalue weighted by Gasteiger charge is 2.27. The Morgan fingerprint density at radius 3 is 1.50 bits per heavy atom. The second kappa shape index (κ2) is 7.52. The number of anilines is 2. The van der Waals surface area contributed by atoms with Gasteiger partial charge in [0.1, 0.15) is 0 Å². The van der Waals surface area contributed by atoms with E-state index >= 15 is 0 Å². The van der Waals surface area contributed by atoms with Crippen molar-refractivity contribution in [1.29, 1.82) is 0 Å². The summed E-state index contributed by atoms with van der Waals surface area (Å²) < 4.78 is 0. The van der Waals surface area contributed by atoms with Crippen LogP contribution in [0, 0.1) is 0 Å². The Balaban J connectivity index is 1.43. The maximum atomic E-state index is 12.8. The van der Waals surface area contributed by atoms with E-state index < -0.39 is 0 Å². The van der Waals surface area contributed by atoms with Crippen LogP contribution in [0.5, 0.6) is 0 Å². The number of fused-ring (bicyclic) bond motifs is 2. The average Bonchev–Trinajstić information content (AvgIpc) is 3.32. The van der Waals surface area contributed by atoms with Crippen LogP contribution in [0.3, 0.4) is 0 Å². The molecule has 0 fully saturated rings. The lowest BCUT2D eigenvalue weighted by Crippen LogP contribution is -2.28. The van der Waals surface area contributed by atoms with Crippen LogP contribution in [0.2, 0.25) is 0 Å².